The molecule has 0 spiro atoms. The summed E-state index contributed by atoms with van der Waals surface area (Å²) in [5, 5.41) is 3.50. The summed E-state index contributed by atoms with van der Waals surface area (Å²) in [4.78, 5) is 17.8. The number of hydrogen-bond donors (Lipinski definition) is 1. The summed E-state index contributed by atoms with van der Waals surface area (Å²) in [6, 6.07) is 41.5. The minimum atomic E-state index is -0.209. The molecule has 0 aromatic heterocycles. The number of allylic oxidation sites excluding steroid dienone is 1. The fraction of sp³-hybridized carbons (Fsp3) is 0.159. The molecule has 0 radical (unpaired) electrons. The Bertz CT molecular complexity index is 2220. The van der Waals surface area contributed by atoms with E-state index in [0.29, 0.717) is 0 Å². The molecule has 3 heterocycles. The van der Waals surface area contributed by atoms with Crippen molar-refractivity contribution in [3.05, 3.63) is 166 Å². The molecule has 3 aliphatic heterocycles. The van der Waals surface area contributed by atoms with Crippen LogP contribution in [0, 0.1) is 0 Å². The van der Waals surface area contributed by atoms with Crippen LogP contribution in [0.2, 0.25) is 0 Å². The Morgan fingerprint density at radius 2 is 1.53 bits per heavy atom. The zero-order valence-corrected chi connectivity index (χ0v) is 27.6. The average molecular weight is 636 g/mol. The van der Waals surface area contributed by atoms with E-state index in [9.17, 15) is 0 Å². The molecular weight excluding hydrogens is 599 g/mol. The molecule has 0 amide bonds. The maximum Gasteiger partial charge on any atom is 0.150 e. The van der Waals surface area contributed by atoms with Crippen LogP contribution in [0.25, 0.3) is 22.8 Å². The second kappa shape index (κ2) is 12.3. The molecule has 1 aliphatic carbocycles. The maximum absolute atomic E-state index is 5.40. The quantitative estimate of drug-likeness (QED) is 0.209. The zero-order chi connectivity index (χ0) is 32.7. The van der Waals surface area contributed by atoms with Gasteiger partial charge in [0.25, 0.3) is 0 Å². The number of anilines is 1. The van der Waals surface area contributed by atoms with Crippen LogP contribution in [0.1, 0.15) is 63.9 Å². The second-order valence-corrected chi connectivity index (χ2v) is 13.1. The fourth-order valence-electron chi connectivity index (χ4n) is 7.67. The Morgan fingerprint density at radius 3 is 2.43 bits per heavy atom. The molecule has 0 bridgehead atoms. The zero-order valence-electron chi connectivity index (χ0n) is 27.6. The molecule has 0 saturated carbocycles. The Kier molecular flexibility index (Phi) is 7.38. The number of aryl methyl sites for hydroxylation is 1. The van der Waals surface area contributed by atoms with Gasteiger partial charge < -0.3 is 10.2 Å². The van der Waals surface area contributed by atoms with Crippen LogP contribution in [0.5, 0.6) is 0 Å². The number of aliphatic imine (C=N–C) groups is 3. The van der Waals surface area contributed by atoms with Crippen LogP contribution in [0.15, 0.2) is 142 Å². The Hall–Kier alpha value is -5.81. The molecule has 2 atom stereocenters. The number of rotatable bonds is 5. The standard InChI is InChI=1S/C44H37N5/c1-49-43(33-22-18-30(19-23-33)36-26-28-45-40-17-5-4-14-38(36)40)47-42(39-16-6-10-29-9-2-3-13-35(29)39)48-44(49)34-24-20-31(21-25-34)37-15-7-11-32-12-8-27-46-41(32)37/h2-7,9-11,13-15,17-27,39,43,45H,8,12,16,28H2,1H3. The van der Waals surface area contributed by atoms with E-state index in [1.54, 1.807) is 0 Å². The predicted octanol–water partition coefficient (Wildman–Crippen LogP) is 9.85. The van der Waals surface area contributed by atoms with Crippen molar-refractivity contribution in [3.8, 4) is 11.1 Å². The molecule has 1 N–H and O–H groups in total. The van der Waals surface area contributed by atoms with Crippen molar-refractivity contribution in [3.63, 3.8) is 0 Å². The lowest BCUT2D eigenvalue weighted by atomic mass is 9.86. The number of benzene rings is 5. The predicted molar refractivity (Wildman–Crippen MR) is 204 cm³/mol. The molecular formula is C44H37N5. The minimum Gasteiger partial charge on any atom is -0.381 e. The van der Waals surface area contributed by atoms with Crippen molar-refractivity contribution in [2.75, 3.05) is 18.9 Å². The Labute approximate surface area is 287 Å². The van der Waals surface area contributed by atoms with Crippen LogP contribution in [0.3, 0.4) is 0 Å². The molecule has 0 fully saturated rings. The number of nitrogens with zero attached hydrogens (tertiary/aromatic N) is 4. The smallest absolute Gasteiger partial charge is 0.150 e. The first-order chi connectivity index (χ1) is 24.2. The van der Waals surface area contributed by atoms with Crippen molar-refractivity contribution < 1.29 is 0 Å². The van der Waals surface area contributed by atoms with E-state index < -0.39 is 0 Å². The first-order valence-electron chi connectivity index (χ1n) is 17.2. The summed E-state index contributed by atoms with van der Waals surface area (Å²) >= 11 is 0. The average Bonchev–Trinajstić information content (AvgIpc) is 3.17. The summed E-state index contributed by atoms with van der Waals surface area (Å²) in [6.07, 6.45) is 11.5. The lowest BCUT2D eigenvalue weighted by molar-refractivity contribution is 0.380. The van der Waals surface area contributed by atoms with Crippen LogP contribution in [0.4, 0.5) is 11.4 Å². The topological polar surface area (TPSA) is 52.4 Å². The number of para-hydroxylation sites is 2. The van der Waals surface area contributed by atoms with Gasteiger partial charge in [-0.3, -0.25) is 4.99 Å². The van der Waals surface area contributed by atoms with E-state index in [0.717, 1.165) is 54.3 Å². The Morgan fingerprint density at radius 1 is 0.755 bits per heavy atom. The van der Waals surface area contributed by atoms with Gasteiger partial charge in [-0.05, 0) is 64.3 Å². The van der Waals surface area contributed by atoms with Gasteiger partial charge in [-0.1, -0.05) is 127 Å². The van der Waals surface area contributed by atoms with Gasteiger partial charge in [0, 0.05) is 48.1 Å². The van der Waals surface area contributed by atoms with Crippen LogP contribution < -0.4 is 5.32 Å². The molecule has 5 heteroatoms. The number of nitrogens with one attached hydrogen (secondary N) is 1. The van der Waals surface area contributed by atoms with E-state index in [4.69, 9.17) is 15.0 Å². The number of fused-ring (bicyclic) bond motifs is 3. The highest BCUT2D eigenvalue weighted by molar-refractivity contribution is 6.10. The third-order valence-corrected chi connectivity index (χ3v) is 10.2. The maximum atomic E-state index is 5.40. The van der Waals surface area contributed by atoms with Gasteiger partial charge in [-0.15, -0.1) is 0 Å². The van der Waals surface area contributed by atoms with Gasteiger partial charge in [0.15, 0.2) is 0 Å². The second-order valence-electron chi connectivity index (χ2n) is 13.1. The third-order valence-electron chi connectivity index (χ3n) is 10.2. The van der Waals surface area contributed by atoms with Crippen molar-refractivity contribution in [1.29, 1.82) is 0 Å². The van der Waals surface area contributed by atoms with E-state index in [1.165, 1.54) is 50.2 Å². The summed E-state index contributed by atoms with van der Waals surface area (Å²) < 4.78 is 0. The highest BCUT2D eigenvalue weighted by Crippen LogP contribution is 2.39. The first-order valence-corrected chi connectivity index (χ1v) is 17.2. The molecule has 2 unspecified atom stereocenters. The minimum absolute atomic E-state index is 0.0936. The van der Waals surface area contributed by atoms with Gasteiger partial charge >= 0.3 is 0 Å². The summed E-state index contributed by atoms with van der Waals surface area (Å²) in [6.45, 7) is 0.822. The summed E-state index contributed by atoms with van der Waals surface area (Å²) in [7, 11) is 2.12. The normalized spacial score (nSPS) is 19.1. The monoisotopic (exact) mass is 635 g/mol. The van der Waals surface area contributed by atoms with E-state index >= 15 is 0 Å². The summed E-state index contributed by atoms with van der Waals surface area (Å²) in [5.41, 5.74) is 14.4. The lowest BCUT2D eigenvalue weighted by Gasteiger charge is -2.34. The van der Waals surface area contributed by atoms with Gasteiger partial charge in [-0.2, -0.15) is 0 Å². The number of hydrogen-bond acceptors (Lipinski definition) is 5. The lowest BCUT2D eigenvalue weighted by Crippen LogP contribution is -2.36. The summed E-state index contributed by atoms with van der Waals surface area (Å²) in [5.74, 6) is 1.90. The van der Waals surface area contributed by atoms with Crippen molar-refractivity contribution in [1.82, 2.24) is 4.90 Å². The molecule has 5 aromatic rings. The van der Waals surface area contributed by atoms with E-state index in [-0.39, 0.29) is 12.1 Å². The highest BCUT2D eigenvalue weighted by Gasteiger charge is 2.31. The molecule has 4 aliphatic rings. The highest BCUT2D eigenvalue weighted by atomic mass is 15.3. The van der Waals surface area contributed by atoms with Gasteiger partial charge in [0.2, 0.25) is 0 Å². The molecule has 49 heavy (non-hydrogen) atoms. The van der Waals surface area contributed by atoms with Crippen molar-refractivity contribution >= 4 is 40.9 Å². The van der Waals surface area contributed by atoms with E-state index in [2.05, 4.69) is 151 Å². The molecule has 9 rings (SSSR count). The molecule has 5 aromatic carbocycles. The van der Waals surface area contributed by atoms with Gasteiger partial charge in [0.05, 0.1) is 5.69 Å². The van der Waals surface area contributed by atoms with Crippen LogP contribution in [-0.2, 0) is 6.42 Å². The Balaban J connectivity index is 1.09. The third kappa shape index (κ3) is 5.32. The first kappa shape index (κ1) is 29.3. The van der Waals surface area contributed by atoms with E-state index in [1.807, 2.05) is 6.21 Å². The van der Waals surface area contributed by atoms with Crippen LogP contribution in [-0.4, -0.2) is 36.4 Å². The van der Waals surface area contributed by atoms with Crippen LogP contribution >= 0.6 is 0 Å². The van der Waals surface area contributed by atoms with Crippen molar-refractivity contribution in [2.45, 2.75) is 31.3 Å². The fourth-order valence-corrected chi connectivity index (χ4v) is 7.67. The molecule has 0 saturated heterocycles. The van der Waals surface area contributed by atoms with Gasteiger partial charge in [-0.25, -0.2) is 9.98 Å². The van der Waals surface area contributed by atoms with Crippen molar-refractivity contribution in [2.24, 2.45) is 15.0 Å². The molecule has 5 nitrogen and oxygen atoms in total. The molecule has 238 valence electrons. The van der Waals surface area contributed by atoms with Gasteiger partial charge in [0.1, 0.15) is 17.8 Å². The SMILES string of the molecule is CN1C(c2ccc(-c3cccc4c3N=CCC4)cc2)=NC(C2CC=Cc3ccccc32)=NC1c1ccc(C2=CCNc3ccccc32)cc1. The largest absolute Gasteiger partial charge is 0.381 e. The number of amidine groups is 2.